The molecule has 0 bridgehead atoms. The van der Waals surface area contributed by atoms with Crippen LogP contribution in [-0.2, 0) is 0 Å². The predicted molar refractivity (Wildman–Crippen MR) is 76.7 cm³/mol. The molecule has 1 N–H and O–H groups in total. The van der Waals surface area contributed by atoms with Crippen LogP contribution in [0.3, 0.4) is 0 Å². The number of H-pyrrole nitrogens is 1. The van der Waals surface area contributed by atoms with Crippen molar-refractivity contribution >= 4 is 18.2 Å². The lowest BCUT2D eigenvalue weighted by Crippen LogP contribution is -2.29. The van der Waals surface area contributed by atoms with Crippen LogP contribution in [0.25, 0.3) is 0 Å². The van der Waals surface area contributed by atoms with Crippen molar-refractivity contribution < 1.29 is 0 Å². The van der Waals surface area contributed by atoms with E-state index in [1.54, 1.807) is 0 Å². The number of nitrogens with one attached hydrogen (secondary N) is 1. The van der Waals surface area contributed by atoms with Crippen molar-refractivity contribution in [1.29, 1.82) is 0 Å². The third-order valence-corrected chi connectivity index (χ3v) is 3.58. The van der Waals surface area contributed by atoms with Crippen LogP contribution in [0.1, 0.15) is 32.2 Å². The first-order valence-corrected chi connectivity index (χ1v) is 7.11. The van der Waals surface area contributed by atoms with Gasteiger partial charge in [0.1, 0.15) is 0 Å². The molecule has 0 atom stereocenters. The molecule has 1 aliphatic carbocycles. The number of aromatic amines is 1. The first-order chi connectivity index (χ1) is 8.63. The molecule has 18 heavy (non-hydrogen) atoms. The van der Waals surface area contributed by atoms with Crippen LogP contribution in [0.5, 0.6) is 0 Å². The minimum Gasteiger partial charge on any atom is -0.341 e. The summed E-state index contributed by atoms with van der Waals surface area (Å²) in [6.45, 7) is 5.27. The van der Waals surface area contributed by atoms with Crippen LogP contribution in [0.4, 0.5) is 5.95 Å². The van der Waals surface area contributed by atoms with Gasteiger partial charge in [-0.25, -0.2) is 5.10 Å². The van der Waals surface area contributed by atoms with E-state index in [1.165, 1.54) is 12.8 Å². The van der Waals surface area contributed by atoms with Gasteiger partial charge in [0.25, 0.3) is 0 Å². The summed E-state index contributed by atoms with van der Waals surface area (Å²) in [6.07, 6.45) is 3.61. The van der Waals surface area contributed by atoms with E-state index in [-0.39, 0.29) is 0 Å². The largest absolute Gasteiger partial charge is 0.341 e. The number of hydrogen-bond acceptors (Lipinski definition) is 4. The van der Waals surface area contributed by atoms with Gasteiger partial charge < -0.3 is 9.80 Å². The summed E-state index contributed by atoms with van der Waals surface area (Å²) >= 11 is 5.32. The fraction of sp³-hybridized carbons (Fsp3) is 0.833. The van der Waals surface area contributed by atoms with Gasteiger partial charge in [-0.2, -0.15) is 0 Å². The summed E-state index contributed by atoms with van der Waals surface area (Å²) in [5, 5.41) is 7.34. The van der Waals surface area contributed by atoms with Crippen LogP contribution < -0.4 is 4.90 Å². The highest BCUT2D eigenvalue weighted by Gasteiger charge is 2.28. The Hall–Kier alpha value is -0.880. The Balaban J connectivity index is 2.05. The molecule has 6 heteroatoms. The zero-order valence-corrected chi connectivity index (χ0v) is 12.3. The highest BCUT2D eigenvalue weighted by Crippen LogP contribution is 2.37. The molecule has 0 radical (unpaired) electrons. The van der Waals surface area contributed by atoms with Gasteiger partial charge in [0.05, 0.1) is 0 Å². The molecule has 0 aliphatic heterocycles. The second kappa shape index (κ2) is 5.84. The molecule has 1 aromatic heterocycles. The summed E-state index contributed by atoms with van der Waals surface area (Å²) in [6, 6.07) is 0.578. The number of hydrogen-bond donors (Lipinski definition) is 1. The van der Waals surface area contributed by atoms with Crippen molar-refractivity contribution in [2.24, 2.45) is 0 Å². The van der Waals surface area contributed by atoms with E-state index >= 15 is 0 Å². The Kier molecular flexibility index (Phi) is 4.40. The van der Waals surface area contributed by atoms with Gasteiger partial charge in [-0.1, -0.05) is 0 Å². The molecule has 2 rings (SSSR count). The molecule has 0 saturated heterocycles. The summed E-state index contributed by atoms with van der Waals surface area (Å²) in [5.41, 5.74) is 0. The lowest BCUT2D eigenvalue weighted by atomic mass is 10.3. The zero-order valence-electron chi connectivity index (χ0n) is 11.5. The molecule has 102 valence electrons. The van der Waals surface area contributed by atoms with E-state index < -0.39 is 0 Å². The predicted octanol–water partition coefficient (Wildman–Crippen LogP) is 2.05. The van der Waals surface area contributed by atoms with Crippen LogP contribution in [-0.4, -0.2) is 53.4 Å². The average Bonchev–Trinajstić information content (AvgIpc) is 3.09. The van der Waals surface area contributed by atoms with Crippen molar-refractivity contribution in [2.45, 2.75) is 32.2 Å². The number of nitrogens with zero attached hydrogens (tertiary/aromatic N) is 4. The molecule has 0 aromatic carbocycles. The molecule has 0 spiro atoms. The van der Waals surface area contributed by atoms with Crippen molar-refractivity contribution in [3.05, 3.63) is 4.77 Å². The van der Waals surface area contributed by atoms with Gasteiger partial charge in [-0.05, 0) is 59.0 Å². The topological polar surface area (TPSA) is 40.1 Å². The van der Waals surface area contributed by atoms with Gasteiger partial charge in [0.15, 0.2) is 4.77 Å². The maximum absolute atomic E-state index is 5.32. The number of aromatic nitrogens is 3. The van der Waals surface area contributed by atoms with E-state index in [2.05, 4.69) is 45.6 Å². The molecule has 1 fully saturated rings. The molecule has 0 unspecified atom stereocenters. The van der Waals surface area contributed by atoms with Crippen molar-refractivity contribution in [1.82, 2.24) is 19.7 Å². The third kappa shape index (κ3) is 3.11. The Morgan fingerprint density at radius 2 is 2.11 bits per heavy atom. The zero-order chi connectivity index (χ0) is 13.1. The van der Waals surface area contributed by atoms with E-state index in [9.17, 15) is 0 Å². The Morgan fingerprint density at radius 1 is 1.39 bits per heavy atom. The Labute approximate surface area is 114 Å². The van der Waals surface area contributed by atoms with Gasteiger partial charge in [-0.15, -0.1) is 5.10 Å². The highest BCUT2D eigenvalue weighted by atomic mass is 32.1. The quantitative estimate of drug-likeness (QED) is 0.769. The van der Waals surface area contributed by atoms with Gasteiger partial charge in [0, 0.05) is 19.1 Å². The van der Waals surface area contributed by atoms with E-state index in [0.29, 0.717) is 6.04 Å². The lowest BCUT2D eigenvalue weighted by molar-refractivity contribution is 0.400. The summed E-state index contributed by atoms with van der Waals surface area (Å²) in [5.74, 6) is 1.02. The molecule has 0 amide bonds. The summed E-state index contributed by atoms with van der Waals surface area (Å²) in [7, 11) is 4.22. The van der Waals surface area contributed by atoms with E-state index in [0.717, 1.165) is 36.8 Å². The first-order valence-electron chi connectivity index (χ1n) is 6.70. The lowest BCUT2D eigenvalue weighted by Gasteiger charge is -2.23. The van der Waals surface area contributed by atoms with Crippen molar-refractivity contribution in [2.75, 3.05) is 38.6 Å². The summed E-state index contributed by atoms with van der Waals surface area (Å²) in [4.78, 5) is 4.53. The Bertz CT molecular complexity index is 432. The third-order valence-electron chi connectivity index (χ3n) is 3.30. The molecule has 1 saturated carbocycles. The SMILES string of the molecule is CCN(CCCN(C)C)c1n[nH]c(=S)n1C1CC1. The van der Waals surface area contributed by atoms with Crippen molar-refractivity contribution in [3.8, 4) is 0 Å². The second-order valence-electron chi connectivity index (χ2n) is 5.17. The minimum absolute atomic E-state index is 0.578. The van der Waals surface area contributed by atoms with Gasteiger partial charge >= 0.3 is 0 Å². The maximum Gasteiger partial charge on any atom is 0.225 e. The Morgan fingerprint density at radius 3 is 2.67 bits per heavy atom. The van der Waals surface area contributed by atoms with Crippen LogP contribution in [0.2, 0.25) is 0 Å². The minimum atomic E-state index is 0.578. The van der Waals surface area contributed by atoms with Crippen LogP contribution in [0.15, 0.2) is 0 Å². The molecule has 5 nitrogen and oxygen atoms in total. The van der Waals surface area contributed by atoms with Gasteiger partial charge in [-0.3, -0.25) is 4.57 Å². The standard InChI is InChI=1S/C12H23N5S/c1-4-16(9-5-8-15(2)3)11-13-14-12(18)17(11)10-6-7-10/h10H,4-9H2,1-3H3,(H,14,18). The van der Waals surface area contributed by atoms with Gasteiger partial charge in [0.2, 0.25) is 5.95 Å². The van der Waals surface area contributed by atoms with Crippen molar-refractivity contribution in [3.63, 3.8) is 0 Å². The maximum atomic E-state index is 5.32. The highest BCUT2D eigenvalue weighted by molar-refractivity contribution is 7.71. The fourth-order valence-corrected chi connectivity index (χ4v) is 2.44. The molecule has 1 aliphatic rings. The number of anilines is 1. The molecular weight excluding hydrogens is 246 g/mol. The normalized spacial score (nSPS) is 15.3. The fourth-order valence-electron chi connectivity index (χ4n) is 2.16. The van der Waals surface area contributed by atoms with Crippen LogP contribution in [0, 0.1) is 4.77 Å². The average molecular weight is 269 g/mol. The molecule has 1 heterocycles. The summed E-state index contributed by atoms with van der Waals surface area (Å²) < 4.78 is 2.95. The van der Waals surface area contributed by atoms with E-state index in [1.807, 2.05) is 0 Å². The molecule has 1 aromatic rings. The second-order valence-corrected chi connectivity index (χ2v) is 5.55. The van der Waals surface area contributed by atoms with E-state index in [4.69, 9.17) is 12.2 Å². The molecular formula is C12H23N5S. The smallest absolute Gasteiger partial charge is 0.225 e. The number of rotatable bonds is 7. The monoisotopic (exact) mass is 269 g/mol. The van der Waals surface area contributed by atoms with Crippen LogP contribution >= 0.6 is 12.2 Å². The first kappa shape index (κ1) is 13.5.